The molecule has 1 atom stereocenters. The molecule has 2 aromatic carbocycles. The first-order valence-corrected chi connectivity index (χ1v) is 12.8. The van der Waals surface area contributed by atoms with Crippen molar-refractivity contribution in [3.8, 4) is 0 Å². The maximum atomic E-state index is 10.8. The average molecular weight is 466 g/mol. The van der Waals surface area contributed by atoms with Gasteiger partial charge in [-0.25, -0.2) is 0 Å². The van der Waals surface area contributed by atoms with Gasteiger partial charge in [0.1, 0.15) is 0 Å². The normalized spacial score (nSPS) is 17.3. The van der Waals surface area contributed by atoms with Gasteiger partial charge >= 0.3 is 0 Å². The third kappa shape index (κ3) is 8.72. The van der Waals surface area contributed by atoms with Crippen molar-refractivity contribution in [1.82, 2.24) is 0 Å². The summed E-state index contributed by atoms with van der Waals surface area (Å²) >= 11 is 0. The molecular formula is C30H43NO3. The number of hydrogen-bond acceptors (Lipinski definition) is 3. The maximum Gasteiger partial charge on any atom is 0.269 e. The Kier molecular flexibility index (Phi) is 11.0. The van der Waals surface area contributed by atoms with Gasteiger partial charge in [0.05, 0.1) is 10.5 Å². The number of nitrogens with zero attached hydrogens (tertiary/aromatic N) is 1. The minimum absolute atomic E-state index is 0.185. The number of hydrogen-bond donors (Lipinski definition) is 1. The second-order valence-electron chi connectivity index (χ2n) is 10.5. The first kappa shape index (κ1) is 27.8. The number of rotatable bonds is 4. The maximum absolute atomic E-state index is 10.8. The molecule has 0 heterocycles. The van der Waals surface area contributed by atoms with E-state index in [2.05, 4.69) is 33.8 Å². The van der Waals surface area contributed by atoms with Crippen LogP contribution in [0.2, 0.25) is 0 Å². The van der Waals surface area contributed by atoms with Crippen LogP contribution < -0.4 is 0 Å². The van der Waals surface area contributed by atoms with Crippen molar-refractivity contribution in [3.63, 3.8) is 0 Å². The summed E-state index contributed by atoms with van der Waals surface area (Å²) in [6.07, 6.45) is 11.4. The molecule has 4 nitrogen and oxygen atoms in total. The van der Waals surface area contributed by atoms with E-state index in [1.165, 1.54) is 31.3 Å². The lowest BCUT2D eigenvalue weighted by molar-refractivity contribution is -0.384. The Morgan fingerprint density at radius 3 is 2.03 bits per heavy atom. The van der Waals surface area contributed by atoms with Crippen molar-refractivity contribution in [1.29, 1.82) is 0 Å². The van der Waals surface area contributed by atoms with Gasteiger partial charge in [-0.15, -0.1) is 0 Å². The highest BCUT2D eigenvalue weighted by atomic mass is 16.6. The molecule has 2 aliphatic rings. The number of aryl methyl sites for hydroxylation is 1. The molecule has 2 saturated carbocycles. The standard InChI is InChI=1S/C14H17NO2.C12H16O.C4H10/c1-10-6-7-13(15(16)17)9-14(10)11(2)8-12-4-3-5-12;13-12(9-5-2-6-10-12)11-7-3-1-4-8-11;1-4(2)3/h6-9,11H,3-5H2,1-2H3;1,3-4,7-8,13H,2,5-6,9-10H2;4H,1-3H3. The molecule has 0 aliphatic heterocycles. The molecule has 0 spiro atoms. The summed E-state index contributed by atoms with van der Waals surface area (Å²) < 4.78 is 0. The molecule has 0 aromatic heterocycles. The van der Waals surface area contributed by atoms with Crippen LogP contribution >= 0.6 is 0 Å². The Labute approximate surface area is 206 Å². The molecule has 0 saturated heterocycles. The minimum Gasteiger partial charge on any atom is -0.385 e. The third-order valence-corrected chi connectivity index (χ3v) is 6.44. The van der Waals surface area contributed by atoms with Crippen LogP contribution in [0, 0.1) is 23.0 Å². The second-order valence-corrected chi connectivity index (χ2v) is 10.5. The molecule has 1 unspecified atom stereocenters. The predicted octanol–water partition coefficient (Wildman–Crippen LogP) is 8.62. The van der Waals surface area contributed by atoms with E-state index in [9.17, 15) is 15.2 Å². The van der Waals surface area contributed by atoms with Crippen molar-refractivity contribution in [2.75, 3.05) is 0 Å². The Balaban J connectivity index is 0.000000213. The SMILES string of the molecule is CC(C)C.Cc1ccc([N+](=O)[O-])cc1C(C)C=C1CCC1.OC1(c2ccccc2)CCCCC1. The van der Waals surface area contributed by atoms with Crippen LogP contribution in [0.15, 0.2) is 60.2 Å². The van der Waals surface area contributed by atoms with Gasteiger partial charge in [0.25, 0.3) is 5.69 Å². The Bertz CT molecular complexity index is 919. The van der Waals surface area contributed by atoms with E-state index in [1.807, 2.05) is 43.3 Å². The quantitative estimate of drug-likeness (QED) is 0.279. The van der Waals surface area contributed by atoms with Crippen molar-refractivity contribution in [3.05, 3.63) is 87.0 Å². The van der Waals surface area contributed by atoms with Gasteiger partial charge in [-0.1, -0.05) is 95.0 Å². The summed E-state index contributed by atoms with van der Waals surface area (Å²) in [7, 11) is 0. The topological polar surface area (TPSA) is 63.4 Å². The van der Waals surface area contributed by atoms with Crippen LogP contribution in [0.3, 0.4) is 0 Å². The number of allylic oxidation sites excluding steroid dienone is 2. The molecule has 2 aromatic rings. The number of non-ortho nitro benzene ring substituents is 1. The molecule has 2 aliphatic carbocycles. The van der Waals surface area contributed by atoms with Crippen LogP contribution in [0.4, 0.5) is 5.69 Å². The van der Waals surface area contributed by atoms with Crippen LogP contribution in [0.25, 0.3) is 0 Å². The van der Waals surface area contributed by atoms with Crippen LogP contribution in [-0.4, -0.2) is 10.0 Å². The van der Waals surface area contributed by atoms with E-state index in [0.717, 1.165) is 48.3 Å². The highest BCUT2D eigenvalue weighted by Crippen LogP contribution is 2.36. The van der Waals surface area contributed by atoms with Crippen molar-refractivity contribution < 1.29 is 10.0 Å². The smallest absolute Gasteiger partial charge is 0.269 e. The van der Waals surface area contributed by atoms with E-state index in [4.69, 9.17) is 0 Å². The molecule has 4 heteroatoms. The third-order valence-electron chi connectivity index (χ3n) is 6.44. The zero-order valence-corrected chi connectivity index (χ0v) is 21.7. The number of nitro groups is 1. The van der Waals surface area contributed by atoms with Crippen LogP contribution in [0.5, 0.6) is 0 Å². The van der Waals surface area contributed by atoms with Crippen molar-refractivity contribution in [2.45, 2.75) is 97.5 Å². The van der Waals surface area contributed by atoms with E-state index < -0.39 is 5.60 Å². The highest BCUT2D eigenvalue weighted by molar-refractivity contribution is 5.42. The summed E-state index contributed by atoms with van der Waals surface area (Å²) in [5.74, 6) is 1.10. The lowest BCUT2D eigenvalue weighted by Gasteiger charge is -2.32. The zero-order chi connectivity index (χ0) is 25.1. The first-order valence-electron chi connectivity index (χ1n) is 12.8. The van der Waals surface area contributed by atoms with Gasteiger partial charge in [0.2, 0.25) is 0 Å². The summed E-state index contributed by atoms with van der Waals surface area (Å²) in [5, 5.41) is 21.1. The van der Waals surface area contributed by atoms with E-state index in [1.54, 1.807) is 12.1 Å². The monoisotopic (exact) mass is 465 g/mol. The predicted molar refractivity (Wildman–Crippen MR) is 142 cm³/mol. The molecule has 1 N–H and O–H groups in total. The fourth-order valence-corrected chi connectivity index (χ4v) is 4.40. The summed E-state index contributed by atoms with van der Waals surface area (Å²) in [5.41, 5.74) is 4.43. The molecular weight excluding hydrogens is 422 g/mol. The Morgan fingerprint density at radius 2 is 1.53 bits per heavy atom. The van der Waals surface area contributed by atoms with Gasteiger partial charge < -0.3 is 5.11 Å². The van der Waals surface area contributed by atoms with Crippen molar-refractivity contribution >= 4 is 5.69 Å². The average Bonchev–Trinajstić information content (AvgIpc) is 2.77. The highest BCUT2D eigenvalue weighted by Gasteiger charge is 2.30. The van der Waals surface area contributed by atoms with E-state index in [-0.39, 0.29) is 16.5 Å². The zero-order valence-electron chi connectivity index (χ0n) is 21.7. The Morgan fingerprint density at radius 1 is 0.941 bits per heavy atom. The number of benzene rings is 2. The van der Waals surface area contributed by atoms with Gasteiger partial charge in [0, 0.05) is 12.1 Å². The molecule has 34 heavy (non-hydrogen) atoms. The molecule has 186 valence electrons. The van der Waals surface area contributed by atoms with Crippen LogP contribution in [-0.2, 0) is 5.60 Å². The first-order chi connectivity index (χ1) is 16.1. The summed E-state index contributed by atoms with van der Waals surface area (Å²) in [4.78, 5) is 10.4. The minimum atomic E-state index is -0.528. The van der Waals surface area contributed by atoms with Crippen LogP contribution in [0.1, 0.15) is 102 Å². The van der Waals surface area contributed by atoms with Gasteiger partial charge in [-0.05, 0) is 67.6 Å². The largest absolute Gasteiger partial charge is 0.385 e. The van der Waals surface area contributed by atoms with E-state index in [0.29, 0.717) is 0 Å². The lowest BCUT2D eigenvalue weighted by atomic mass is 9.80. The lowest BCUT2D eigenvalue weighted by Crippen LogP contribution is -2.28. The van der Waals surface area contributed by atoms with Gasteiger partial charge in [0.15, 0.2) is 0 Å². The Hall–Kier alpha value is -2.46. The van der Waals surface area contributed by atoms with E-state index >= 15 is 0 Å². The summed E-state index contributed by atoms with van der Waals surface area (Å²) in [6.45, 7) is 10.6. The number of nitro benzene ring substituents is 1. The molecule has 2 fully saturated rings. The van der Waals surface area contributed by atoms with Gasteiger partial charge in [-0.2, -0.15) is 0 Å². The van der Waals surface area contributed by atoms with Gasteiger partial charge in [-0.3, -0.25) is 10.1 Å². The summed E-state index contributed by atoms with van der Waals surface area (Å²) in [6, 6.07) is 15.2. The fraction of sp³-hybridized carbons (Fsp3) is 0.533. The molecule has 0 bridgehead atoms. The van der Waals surface area contributed by atoms with Crippen molar-refractivity contribution in [2.24, 2.45) is 5.92 Å². The second kappa shape index (κ2) is 13.4. The fourth-order valence-electron chi connectivity index (χ4n) is 4.40. The number of aliphatic hydroxyl groups is 1. The molecule has 0 amide bonds. The molecule has 4 rings (SSSR count). The molecule has 0 radical (unpaired) electrons.